The molecule has 2 aliphatic carbocycles. The summed E-state index contributed by atoms with van der Waals surface area (Å²) in [6.07, 6.45) is 1.97. The zero-order valence-corrected chi connectivity index (χ0v) is 15.5. The van der Waals surface area contributed by atoms with E-state index < -0.39 is 21.6 Å². The minimum Gasteiger partial charge on any atom is -0.255 e. The van der Waals surface area contributed by atoms with E-state index in [1.807, 2.05) is 0 Å². The zero-order chi connectivity index (χ0) is 19.4. The molecule has 142 valence electrons. The van der Waals surface area contributed by atoms with Crippen molar-refractivity contribution in [2.24, 2.45) is 5.41 Å². The highest BCUT2D eigenvalue weighted by Crippen LogP contribution is 2.63. The number of rotatable bonds is 3. The fourth-order valence-electron chi connectivity index (χ4n) is 3.72. The molecule has 0 atom stereocenters. The highest BCUT2D eigenvalue weighted by molar-refractivity contribution is 7.90. The van der Waals surface area contributed by atoms with Crippen molar-refractivity contribution in [3.63, 3.8) is 0 Å². The van der Waals surface area contributed by atoms with E-state index in [0.29, 0.717) is 5.69 Å². The normalized spacial score (nSPS) is 19.0. The van der Waals surface area contributed by atoms with Gasteiger partial charge in [-0.1, -0.05) is 12.1 Å². The van der Waals surface area contributed by atoms with Crippen LogP contribution in [0.5, 0.6) is 0 Å². The molecule has 1 saturated carbocycles. The van der Waals surface area contributed by atoms with Gasteiger partial charge in [0.1, 0.15) is 0 Å². The van der Waals surface area contributed by atoms with Gasteiger partial charge in [-0.25, -0.2) is 8.42 Å². The third kappa shape index (κ3) is 3.52. The molecule has 1 aromatic heterocycles. The highest BCUT2D eigenvalue weighted by Gasteiger charge is 2.48. The van der Waals surface area contributed by atoms with Crippen molar-refractivity contribution in [3.05, 3.63) is 59.4 Å². The fraction of sp³-hybridized carbons (Fsp3) is 0.350. The van der Waals surface area contributed by atoms with Gasteiger partial charge in [-0.15, -0.1) is 0 Å². The summed E-state index contributed by atoms with van der Waals surface area (Å²) in [5.41, 5.74) is 3.03. The lowest BCUT2D eigenvalue weighted by molar-refractivity contribution is -0.137. The maximum Gasteiger partial charge on any atom is 0.416 e. The van der Waals surface area contributed by atoms with Gasteiger partial charge in [0.15, 0.2) is 9.84 Å². The minimum atomic E-state index is -4.35. The monoisotopic (exact) mass is 393 g/mol. The largest absolute Gasteiger partial charge is 0.416 e. The Bertz CT molecular complexity index is 1020. The summed E-state index contributed by atoms with van der Waals surface area (Å²) in [7, 11) is -3.32. The quantitative estimate of drug-likeness (QED) is 0.738. The van der Waals surface area contributed by atoms with Crippen LogP contribution in [-0.2, 0) is 16.0 Å². The van der Waals surface area contributed by atoms with E-state index in [4.69, 9.17) is 0 Å². The van der Waals surface area contributed by atoms with Gasteiger partial charge in [-0.05, 0) is 72.1 Å². The molecule has 0 N–H and O–H groups in total. The van der Waals surface area contributed by atoms with Crippen molar-refractivity contribution >= 4 is 21.0 Å². The molecule has 1 heterocycles. The molecule has 0 radical (unpaired) electrons. The molecule has 0 aliphatic heterocycles. The van der Waals surface area contributed by atoms with E-state index in [2.05, 4.69) is 4.98 Å². The van der Waals surface area contributed by atoms with Crippen LogP contribution in [0.25, 0.3) is 11.1 Å². The van der Waals surface area contributed by atoms with Crippen molar-refractivity contribution in [1.29, 1.82) is 0 Å². The van der Waals surface area contributed by atoms with Gasteiger partial charge in [0.2, 0.25) is 0 Å². The summed E-state index contributed by atoms with van der Waals surface area (Å²) in [5.74, 6) is 0. The number of pyridine rings is 1. The lowest BCUT2D eigenvalue weighted by Crippen LogP contribution is -2.04. The van der Waals surface area contributed by atoms with Crippen LogP contribution in [-0.4, -0.2) is 19.7 Å². The topological polar surface area (TPSA) is 47.0 Å². The number of benzene rings is 1. The van der Waals surface area contributed by atoms with Gasteiger partial charge >= 0.3 is 6.18 Å². The third-order valence-corrected chi connectivity index (χ3v) is 6.56. The molecular formula is C20H18F3NO2S. The summed E-state index contributed by atoms with van der Waals surface area (Å²) in [4.78, 5) is 4.49. The van der Waals surface area contributed by atoms with Gasteiger partial charge in [0.05, 0.1) is 16.2 Å². The lowest BCUT2D eigenvalue weighted by Gasteiger charge is -2.11. The van der Waals surface area contributed by atoms with Gasteiger partial charge in [-0.2, -0.15) is 13.2 Å². The van der Waals surface area contributed by atoms with Crippen LogP contribution in [0.15, 0.2) is 47.5 Å². The summed E-state index contributed by atoms with van der Waals surface area (Å²) in [6.45, 7) is 0. The molecule has 2 aliphatic rings. The average molecular weight is 393 g/mol. The Labute approximate surface area is 155 Å². The predicted molar refractivity (Wildman–Crippen MR) is 96.5 cm³/mol. The maximum atomic E-state index is 12.8. The molecule has 0 amide bonds. The third-order valence-electron chi connectivity index (χ3n) is 5.46. The number of nitrogens with zero attached hydrogens (tertiary/aromatic N) is 1. The maximum absolute atomic E-state index is 12.8. The number of allylic oxidation sites excluding steroid dienone is 2. The van der Waals surface area contributed by atoms with E-state index in [-0.39, 0.29) is 10.3 Å². The first-order valence-electron chi connectivity index (χ1n) is 8.64. The van der Waals surface area contributed by atoms with Crippen LogP contribution < -0.4 is 0 Å². The van der Waals surface area contributed by atoms with E-state index in [9.17, 15) is 21.6 Å². The van der Waals surface area contributed by atoms with Crippen molar-refractivity contribution in [1.82, 2.24) is 4.98 Å². The summed E-state index contributed by atoms with van der Waals surface area (Å²) in [6, 6.07) is 8.48. The van der Waals surface area contributed by atoms with E-state index in [0.717, 1.165) is 60.8 Å². The van der Waals surface area contributed by atoms with Crippen LogP contribution in [0.4, 0.5) is 13.2 Å². The predicted octanol–water partition coefficient (Wildman–Crippen LogP) is 4.99. The van der Waals surface area contributed by atoms with Crippen molar-refractivity contribution < 1.29 is 21.6 Å². The van der Waals surface area contributed by atoms with Gasteiger partial charge < -0.3 is 0 Å². The number of halogens is 3. The van der Waals surface area contributed by atoms with Crippen molar-refractivity contribution in [2.75, 3.05) is 6.26 Å². The smallest absolute Gasteiger partial charge is 0.255 e. The minimum absolute atomic E-state index is 0.155. The molecule has 3 nitrogen and oxygen atoms in total. The zero-order valence-electron chi connectivity index (χ0n) is 14.7. The first-order chi connectivity index (χ1) is 12.6. The molecule has 1 spiro atoms. The average Bonchev–Trinajstić information content (AvgIpc) is 3.24. The standard InChI is InChI=1S/C20H18F3NO2S/c1-27(25,26)15-6-7-18(24-12-15)17-11-19(8-9-19)10-16(17)13-2-4-14(5-3-13)20(21,22)23/h2-7,12H,8-11H2,1H3. The Balaban J connectivity index is 1.74. The Hall–Kier alpha value is -2.15. The van der Waals surface area contributed by atoms with Gasteiger partial charge in [0.25, 0.3) is 0 Å². The SMILES string of the molecule is CS(=O)(=O)c1ccc(C2=C(c3ccc(C(F)(F)F)cc3)CC3(CC3)C2)nc1. The molecule has 27 heavy (non-hydrogen) atoms. The summed E-state index contributed by atoms with van der Waals surface area (Å²) >= 11 is 0. The number of sulfone groups is 1. The summed E-state index contributed by atoms with van der Waals surface area (Å²) < 4.78 is 61.8. The first-order valence-corrected chi connectivity index (χ1v) is 10.5. The number of alkyl halides is 3. The molecular weight excluding hydrogens is 375 g/mol. The molecule has 7 heteroatoms. The second-order valence-corrected chi connectivity index (χ2v) is 9.55. The second kappa shape index (κ2) is 5.92. The molecule has 1 fully saturated rings. The molecule has 0 bridgehead atoms. The van der Waals surface area contributed by atoms with Crippen molar-refractivity contribution in [3.8, 4) is 0 Å². The molecule has 0 unspecified atom stereocenters. The van der Waals surface area contributed by atoms with E-state index >= 15 is 0 Å². The van der Waals surface area contributed by atoms with Crippen LogP contribution in [0, 0.1) is 5.41 Å². The Morgan fingerprint density at radius 3 is 2.07 bits per heavy atom. The van der Waals surface area contributed by atoms with E-state index in [1.165, 1.54) is 24.4 Å². The highest BCUT2D eigenvalue weighted by atomic mass is 32.2. The van der Waals surface area contributed by atoms with Gasteiger partial charge in [0, 0.05) is 12.5 Å². The molecule has 0 saturated heterocycles. The molecule has 4 rings (SSSR count). The molecule has 2 aromatic rings. The second-order valence-electron chi connectivity index (χ2n) is 7.54. The Morgan fingerprint density at radius 1 is 0.963 bits per heavy atom. The fourth-order valence-corrected chi connectivity index (χ4v) is 4.28. The summed E-state index contributed by atoms with van der Waals surface area (Å²) in [5, 5.41) is 0. The lowest BCUT2D eigenvalue weighted by atomic mass is 9.97. The Morgan fingerprint density at radius 2 is 1.59 bits per heavy atom. The van der Waals surface area contributed by atoms with Crippen LogP contribution in [0.1, 0.15) is 42.5 Å². The first kappa shape index (κ1) is 18.2. The van der Waals surface area contributed by atoms with Gasteiger partial charge in [-0.3, -0.25) is 4.98 Å². The van der Waals surface area contributed by atoms with Crippen LogP contribution >= 0.6 is 0 Å². The Kier molecular flexibility index (Phi) is 4.00. The number of hydrogen-bond donors (Lipinski definition) is 0. The molecule has 1 aromatic carbocycles. The van der Waals surface area contributed by atoms with Crippen LogP contribution in [0.2, 0.25) is 0 Å². The van der Waals surface area contributed by atoms with Crippen molar-refractivity contribution in [2.45, 2.75) is 36.8 Å². The van der Waals surface area contributed by atoms with E-state index in [1.54, 1.807) is 6.07 Å². The number of aromatic nitrogens is 1. The van der Waals surface area contributed by atoms with Crippen LogP contribution in [0.3, 0.4) is 0 Å². The number of hydrogen-bond acceptors (Lipinski definition) is 3.